The van der Waals surface area contributed by atoms with E-state index >= 15 is 0 Å². The van der Waals surface area contributed by atoms with Crippen molar-refractivity contribution in [3.05, 3.63) is 0 Å². The molecule has 3 N–H and O–H groups in total. The average molecular weight is 211 g/mol. The third kappa shape index (κ3) is 3.20. The van der Waals surface area contributed by atoms with Crippen LogP contribution in [0.15, 0.2) is 0 Å². The normalized spacial score (nSPS) is 17.1. The zero-order chi connectivity index (χ0) is 11.9. The van der Waals surface area contributed by atoms with E-state index < -0.39 is 0 Å². The summed E-state index contributed by atoms with van der Waals surface area (Å²) in [5, 5.41) is 0. The fourth-order valence-electron chi connectivity index (χ4n) is 2.21. The number of likely N-dealkylation sites (N-methyl/N-ethyl adjacent to an activating group) is 1. The van der Waals surface area contributed by atoms with Crippen LogP contribution in [0.1, 0.15) is 40.5 Å². The van der Waals surface area contributed by atoms with E-state index in [-0.39, 0.29) is 11.6 Å². The van der Waals surface area contributed by atoms with Crippen molar-refractivity contribution in [1.82, 2.24) is 10.3 Å². The van der Waals surface area contributed by atoms with Crippen molar-refractivity contribution in [3.63, 3.8) is 0 Å². The zero-order valence-corrected chi connectivity index (χ0v) is 10.5. The molecule has 0 amide bonds. The van der Waals surface area contributed by atoms with Gasteiger partial charge in [-0.15, -0.1) is 12.3 Å². The summed E-state index contributed by atoms with van der Waals surface area (Å²) in [6, 6.07) is 0.146. The highest BCUT2D eigenvalue weighted by Crippen LogP contribution is 2.24. The maximum atomic E-state index is 5.60. The molecule has 2 unspecified atom stereocenters. The second-order valence-corrected chi connectivity index (χ2v) is 4.01. The van der Waals surface area contributed by atoms with E-state index in [9.17, 15) is 0 Å². The summed E-state index contributed by atoms with van der Waals surface area (Å²) in [7, 11) is 0. The SMILES string of the molecule is C#CCC(NN)C(C)(CC)N(CC)CC. The van der Waals surface area contributed by atoms with Crippen molar-refractivity contribution in [2.24, 2.45) is 5.84 Å². The van der Waals surface area contributed by atoms with Crippen LogP contribution in [-0.2, 0) is 0 Å². The molecule has 0 rings (SSSR count). The first-order chi connectivity index (χ1) is 7.10. The Bertz CT molecular complexity index is 205. The largest absolute Gasteiger partial charge is 0.297 e. The Balaban J connectivity index is 4.85. The molecule has 0 aromatic carbocycles. The van der Waals surface area contributed by atoms with Gasteiger partial charge in [-0.2, -0.15) is 0 Å². The molecule has 0 aromatic rings. The minimum Gasteiger partial charge on any atom is -0.297 e. The summed E-state index contributed by atoms with van der Waals surface area (Å²) < 4.78 is 0. The highest BCUT2D eigenvalue weighted by atomic mass is 15.3. The molecule has 0 saturated heterocycles. The third-order valence-electron chi connectivity index (χ3n) is 3.48. The number of hydrazine groups is 1. The number of rotatable bonds is 7. The molecular formula is C12H25N3. The molecule has 0 fully saturated rings. The molecule has 15 heavy (non-hydrogen) atoms. The van der Waals surface area contributed by atoms with Crippen molar-refractivity contribution in [2.75, 3.05) is 13.1 Å². The summed E-state index contributed by atoms with van der Waals surface area (Å²) in [6.07, 6.45) is 7.07. The zero-order valence-electron chi connectivity index (χ0n) is 10.5. The number of hydrogen-bond donors (Lipinski definition) is 2. The average Bonchev–Trinajstić information content (AvgIpc) is 2.27. The number of nitrogens with one attached hydrogen (secondary N) is 1. The highest BCUT2D eigenvalue weighted by Gasteiger charge is 2.35. The molecule has 3 heteroatoms. The van der Waals surface area contributed by atoms with E-state index in [1.165, 1.54) is 0 Å². The Morgan fingerprint density at radius 3 is 2.20 bits per heavy atom. The molecule has 0 aliphatic carbocycles. The summed E-state index contributed by atoms with van der Waals surface area (Å²) in [4.78, 5) is 2.41. The lowest BCUT2D eigenvalue weighted by Gasteiger charge is -2.45. The Morgan fingerprint density at radius 2 is 1.93 bits per heavy atom. The first-order valence-electron chi connectivity index (χ1n) is 5.75. The Kier molecular flexibility index (Phi) is 6.58. The van der Waals surface area contributed by atoms with E-state index in [4.69, 9.17) is 12.3 Å². The van der Waals surface area contributed by atoms with Crippen molar-refractivity contribution < 1.29 is 0 Å². The number of hydrogen-bond acceptors (Lipinski definition) is 3. The van der Waals surface area contributed by atoms with E-state index in [0.29, 0.717) is 6.42 Å². The van der Waals surface area contributed by atoms with Gasteiger partial charge in [0.2, 0.25) is 0 Å². The lowest BCUT2D eigenvalue weighted by atomic mass is 9.85. The van der Waals surface area contributed by atoms with Gasteiger partial charge in [0.15, 0.2) is 0 Å². The number of terminal acetylenes is 1. The van der Waals surface area contributed by atoms with Gasteiger partial charge >= 0.3 is 0 Å². The molecular weight excluding hydrogens is 186 g/mol. The molecule has 3 nitrogen and oxygen atoms in total. The van der Waals surface area contributed by atoms with E-state index in [0.717, 1.165) is 19.5 Å². The van der Waals surface area contributed by atoms with Crippen LogP contribution in [0.2, 0.25) is 0 Å². The van der Waals surface area contributed by atoms with Crippen LogP contribution in [0, 0.1) is 12.3 Å². The van der Waals surface area contributed by atoms with Crippen LogP contribution in [0.5, 0.6) is 0 Å². The fourth-order valence-corrected chi connectivity index (χ4v) is 2.21. The molecule has 0 spiro atoms. The van der Waals surface area contributed by atoms with Crippen LogP contribution < -0.4 is 11.3 Å². The van der Waals surface area contributed by atoms with Crippen molar-refractivity contribution in [3.8, 4) is 12.3 Å². The third-order valence-corrected chi connectivity index (χ3v) is 3.48. The minimum atomic E-state index is 0.0324. The topological polar surface area (TPSA) is 41.3 Å². The molecule has 0 radical (unpaired) electrons. The monoisotopic (exact) mass is 211 g/mol. The Labute approximate surface area is 94.4 Å². The van der Waals surface area contributed by atoms with Crippen molar-refractivity contribution >= 4 is 0 Å². The van der Waals surface area contributed by atoms with Gasteiger partial charge < -0.3 is 0 Å². The van der Waals surface area contributed by atoms with Gasteiger partial charge in [0.05, 0.1) is 6.04 Å². The smallest absolute Gasteiger partial charge is 0.0501 e. The molecule has 2 atom stereocenters. The van der Waals surface area contributed by atoms with Crippen molar-refractivity contribution in [1.29, 1.82) is 0 Å². The summed E-state index contributed by atoms with van der Waals surface area (Å²) in [6.45, 7) is 10.8. The fraction of sp³-hybridized carbons (Fsp3) is 0.833. The minimum absolute atomic E-state index is 0.0324. The maximum absolute atomic E-state index is 5.60. The summed E-state index contributed by atoms with van der Waals surface area (Å²) in [5.41, 5.74) is 2.89. The first-order valence-corrected chi connectivity index (χ1v) is 5.75. The molecule has 0 bridgehead atoms. The predicted molar refractivity (Wildman–Crippen MR) is 66.2 cm³/mol. The van der Waals surface area contributed by atoms with Gasteiger partial charge in [0.1, 0.15) is 0 Å². The maximum Gasteiger partial charge on any atom is 0.0501 e. The van der Waals surface area contributed by atoms with Gasteiger partial charge in [-0.1, -0.05) is 20.8 Å². The van der Waals surface area contributed by atoms with Crippen LogP contribution in [-0.4, -0.2) is 29.6 Å². The van der Waals surface area contributed by atoms with Gasteiger partial charge in [-0.3, -0.25) is 16.2 Å². The first kappa shape index (κ1) is 14.4. The molecule has 0 aromatic heterocycles. The van der Waals surface area contributed by atoms with Crippen LogP contribution in [0.4, 0.5) is 0 Å². The van der Waals surface area contributed by atoms with Crippen LogP contribution in [0.3, 0.4) is 0 Å². The molecule has 0 aliphatic heterocycles. The van der Waals surface area contributed by atoms with Gasteiger partial charge in [0.25, 0.3) is 0 Å². The standard InChI is InChI=1S/C12H25N3/c1-6-10-11(14-13)12(5,7-2)15(8-3)9-4/h1,11,14H,7-10,13H2,2-5H3. The lowest BCUT2D eigenvalue weighted by Crippen LogP contribution is -2.60. The van der Waals surface area contributed by atoms with Gasteiger partial charge in [-0.25, -0.2) is 0 Å². The van der Waals surface area contributed by atoms with Gasteiger partial charge in [0, 0.05) is 12.0 Å². The lowest BCUT2D eigenvalue weighted by molar-refractivity contribution is 0.0719. The molecule has 88 valence electrons. The number of nitrogens with zero attached hydrogens (tertiary/aromatic N) is 1. The molecule has 0 heterocycles. The van der Waals surface area contributed by atoms with Crippen LogP contribution >= 0.6 is 0 Å². The van der Waals surface area contributed by atoms with Gasteiger partial charge in [-0.05, 0) is 26.4 Å². The molecule has 0 saturated carbocycles. The van der Waals surface area contributed by atoms with E-state index in [2.05, 4.69) is 43.9 Å². The summed E-state index contributed by atoms with van der Waals surface area (Å²) >= 11 is 0. The number of nitrogens with two attached hydrogens (primary N) is 1. The Morgan fingerprint density at radius 1 is 1.40 bits per heavy atom. The highest BCUT2D eigenvalue weighted by molar-refractivity contribution is 5.01. The second kappa shape index (κ2) is 6.84. The van der Waals surface area contributed by atoms with E-state index in [1.807, 2.05) is 0 Å². The predicted octanol–water partition coefficient (Wildman–Crippen LogP) is 1.35. The second-order valence-electron chi connectivity index (χ2n) is 4.01. The Hall–Kier alpha value is -0.560. The molecule has 0 aliphatic rings. The van der Waals surface area contributed by atoms with E-state index in [1.54, 1.807) is 0 Å². The summed E-state index contributed by atoms with van der Waals surface area (Å²) in [5.74, 6) is 8.29. The quantitative estimate of drug-likeness (QED) is 0.379. The van der Waals surface area contributed by atoms with Crippen molar-refractivity contribution in [2.45, 2.75) is 52.1 Å². The van der Waals surface area contributed by atoms with Crippen LogP contribution in [0.25, 0.3) is 0 Å².